The van der Waals surface area contributed by atoms with E-state index in [1.165, 1.54) is 6.26 Å². The van der Waals surface area contributed by atoms with Gasteiger partial charge < -0.3 is 4.90 Å². The third-order valence-electron chi connectivity index (χ3n) is 3.99. The average Bonchev–Trinajstić information content (AvgIpc) is 2.65. The number of nitrogens with one attached hydrogen (secondary N) is 1. The second-order valence-electron chi connectivity index (χ2n) is 6.23. The lowest BCUT2D eigenvalue weighted by atomic mass is 9.99. The molecule has 0 saturated carbocycles. The molecular weight excluding hydrogens is 276 g/mol. The van der Waals surface area contributed by atoms with Gasteiger partial charge in [0, 0.05) is 12.8 Å². The minimum Gasteiger partial charge on any atom is -0.325 e. The first-order chi connectivity index (χ1) is 9.17. The molecule has 0 aromatic rings. The van der Waals surface area contributed by atoms with E-state index in [4.69, 9.17) is 0 Å². The molecule has 1 heterocycles. The standard InChI is InChI=1S/C14H28N2O3S/c1-6-11(4)12-14(17)16(13(15-12)10(2)3)8-7-9-20(5,18)19/h10-13,15H,6-9H2,1-5H3. The highest BCUT2D eigenvalue weighted by molar-refractivity contribution is 7.90. The fourth-order valence-electron chi connectivity index (χ4n) is 2.60. The molecule has 0 bridgehead atoms. The van der Waals surface area contributed by atoms with Gasteiger partial charge in [-0.2, -0.15) is 0 Å². The lowest BCUT2D eigenvalue weighted by molar-refractivity contribution is -0.131. The highest BCUT2D eigenvalue weighted by Crippen LogP contribution is 2.23. The zero-order valence-electron chi connectivity index (χ0n) is 13.2. The van der Waals surface area contributed by atoms with Crippen LogP contribution in [0.3, 0.4) is 0 Å². The summed E-state index contributed by atoms with van der Waals surface area (Å²) in [5, 5.41) is 3.42. The van der Waals surface area contributed by atoms with Crippen molar-refractivity contribution in [2.24, 2.45) is 11.8 Å². The highest BCUT2D eigenvalue weighted by atomic mass is 32.2. The van der Waals surface area contributed by atoms with Crippen LogP contribution >= 0.6 is 0 Å². The van der Waals surface area contributed by atoms with Crippen LogP contribution in [0.25, 0.3) is 0 Å². The van der Waals surface area contributed by atoms with Gasteiger partial charge in [0.15, 0.2) is 0 Å². The molecule has 1 saturated heterocycles. The molecule has 1 rings (SSSR count). The summed E-state index contributed by atoms with van der Waals surface area (Å²) in [5.74, 6) is 0.858. The quantitative estimate of drug-likeness (QED) is 0.769. The predicted octanol–water partition coefficient (Wildman–Crippen LogP) is 1.25. The van der Waals surface area contributed by atoms with Crippen molar-refractivity contribution in [3.8, 4) is 0 Å². The van der Waals surface area contributed by atoms with Gasteiger partial charge in [-0.1, -0.05) is 34.1 Å². The average molecular weight is 304 g/mol. The van der Waals surface area contributed by atoms with E-state index in [1.807, 2.05) is 4.90 Å². The first-order valence-electron chi connectivity index (χ1n) is 7.41. The van der Waals surface area contributed by atoms with Crippen LogP contribution in [0.2, 0.25) is 0 Å². The number of sulfone groups is 1. The smallest absolute Gasteiger partial charge is 0.241 e. The molecule has 118 valence electrons. The van der Waals surface area contributed by atoms with Crippen LogP contribution in [0.15, 0.2) is 0 Å². The van der Waals surface area contributed by atoms with Gasteiger partial charge in [-0.3, -0.25) is 10.1 Å². The van der Waals surface area contributed by atoms with Crippen molar-refractivity contribution in [1.29, 1.82) is 0 Å². The molecule has 1 N–H and O–H groups in total. The van der Waals surface area contributed by atoms with Crippen LogP contribution in [0.4, 0.5) is 0 Å². The number of carbonyl (C=O) groups is 1. The second-order valence-corrected chi connectivity index (χ2v) is 8.49. The first-order valence-corrected chi connectivity index (χ1v) is 9.47. The van der Waals surface area contributed by atoms with Crippen LogP contribution < -0.4 is 5.32 Å². The Morgan fingerprint density at radius 2 is 1.90 bits per heavy atom. The summed E-state index contributed by atoms with van der Waals surface area (Å²) in [6.45, 7) is 8.82. The molecule has 1 aliphatic heterocycles. The Morgan fingerprint density at radius 1 is 1.30 bits per heavy atom. The number of hydrogen-bond acceptors (Lipinski definition) is 4. The summed E-state index contributed by atoms with van der Waals surface area (Å²) in [6, 6.07) is -0.134. The molecule has 20 heavy (non-hydrogen) atoms. The number of amides is 1. The van der Waals surface area contributed by atoms with Gasteiger partial charge in [-0.05, 0) is 18.3 Å². The minimum absolute atomic E-state index is 0.0149. The molecule has 0 spiro atoms. The maximum atomic E-state index is 12.5. The van der Waals surface area contributed by atoms with E-state index < -0.39 is 9.84 Å². The molecule has 0 aromatic heterocycles. The van der Waals surface area contributed by atoms with Crippen molar-refractivity contribution >= 4 is 15.7 Å². The molecule has 3 atom stereocenters. The molecule has 0 aliphatic carbocycles. The number of carbonyl (C=O) groups excluding carboxylic acids is 1. The topological polar surface area (TPSA) is 66.5 Å². The SMILES string of the molecule is CCC(C)C1NC(C(C)C)N(CCCS(C)(=O)=O)C1=O. The van der Waals surface area contributed by atoms with Crippen LogP contribution in [-0.2, 0) is 14.6 Å². The molecule has 3 unspecified atom stereocenters. The van der Waals surface area contributed by atoms with Gasteiger partial charge in [0.1, 0.15) is 9.84 Å². The van der Waals surface area contributed by atoms with E-state index in [-0.39, 0.29) is 23.9 Å². The van der Waals surface area contributed by atoms with Crippen LogP contribution in [0.5, 0.6) is 0 Å². The normalized spacial score (nSPS) is 25.5. The monoisotopic (exact) mass is 304 g/mol. The molecule has 1 aliphatic rings. The van der Waals surface area contributed by atoms with Crippen LogP contribution in [0, 0.1) is 11.8 Å². The maximum absolute atomic E-state index is 12.5. The summed E-state index contributed by atoms with van der Waals surface area (Å²) in [5.41, 5.74) is 0. The van der Waals surface area contributed by atoms with Gasteiger partial charge in [-0.15, -0.1) is 0 Å². The van der Waals surface area contributed by atoms with Crippen molar-refractivity contribution in [2.45, 2.75) is 52.7 Å². The molecule has 5 nitrogen and oxygen atoms in total. The fourth-order valence-corrected chi connectivity index (χ4v) is 3.26. The van der Waals surface area contributed by atoms with Crippen molar-refractivity contribution in [3.05, 3.63) is 0 Å². The lowest BCUT2D eigenvalue weighted by Crippen LogP contribution is -2.42. The van der Waals surface area contributed by atoms with E-state index in [0.29, 0.717) is 24.8 Å². The van der Waals surface area contributed by atoms with Crippen molar-refractivity contribution < 1.29 is 13.2 Å². The molecule has 6 heteroatoms. The Balaban J connectivity index is 2.72. The van der Waals surface area contributed by atoms with E-state index >= 15 is 0 Å². The van der Waals surface area contributed by atoms with Gasteiger partial charge in [0.25, 0.3) is 0 Å². The number of rotatable bonds is 7. The van der Waals surface area contributed by atoms with Crippen LogP contribution in [0.1, 0.15) is 40.5 Å². The first kappa shape index (κ1) is 17.4. The molecule has 0 radical (unpaired) electrons. The summed E-state index contributed by atoms with van der Waals surface area (Å²) in [7, 11) is -2.96. The second kappa shape index (κ2) is 6.89. The molecule has 1 amide bonds. The maximum Gasteiger partial charge on any atom is 0.241 e. The van der Waals surface area contributed by atoms with Crippen molar-refractivity contribution in [2.75, 3.05) is 18.6 Å². The summed E-state index contributed by atoms with van der Waals surface area (Å²) in [4.78, 5) is 14.3. The molecule has 0 aromatic carbocycles. The van der Waals surface area contributed by atoms with E-state index in [9.17, 15) is 13.2 Å². The Bertz CT molecular complexity index is 434. The Morgan fingerprint density at radius 3 is 2.35 bits per heavy atom. The van der Waals surface area contributed by atoms with E-state index in [2.05, 4.69) is 33.0 Å². The third kappa shape index (κ3) is 4.45. The summed E-state index contributed by atoms with van der Waals surface area (Å²) < 4.78 is 22.4. The van der Waals surface area contributed by atoms with Gasteiger partial charge >= 0.3 is 0 Å². The zero-order chi connectivity index (χ0) is 15.5. The van der Waals surface area contributed by atoms with Gasteiger partial charge in [0.2, 0.25) is 5.91 Å². The fraction of sp³-hybridized carbons (Fsp3) is 0.929. The summed E-state index contributed by atoms with van der Waals surface area (Å²) >= 11 is 0. The van der Waals surface area contributed by atoms with E-state index in [1.54, 1.807) is 0 Å². The minimum atomic E-state index is -2.96. The lowest BCUT2D eigenvalue weighted by Gasteiger charge is -2.27. The molecule has 1 fully saturated rings. The van der Waals surface area contributed by atoms with Gasteiger partial charge in [0.05, 0.1) is 18.0 Å². The van der Waals surface area contributed by atoms with Gasteiger partial charge in [-0.25, -0.2) is 8.42 Å². The molecular formula is C14H28N2O3S. The highest BCUT2D eigenvalue weighted by Gasteiger charge is 2.41. The Kier molecular flexibility index (Phi) is 6.01. The van der Waals surface area contributed by atoms with Crippen molar-refractivity contribution in [1.82, 2.24) is 10.2 Å². The largest absolute Gasteiger partial charge is 0.325 e. The zero-order valence-corrected chi connectivity index (χ0v) is 14.0. The third-order valence-corrected chi connectivity index (χ3v) is 5.02. The van der Waals surface area contributed by atoms with E-state index in [0.717, 1.165) is 6.42 Å². The number of nitrogens with zero attached hydrogens (tertiary/aromatic N) is 1. The Hall–Kier alpha value is -0.620. The Labute approximate surface area is 123 Å². The van der Waals surface area contributed by atoms with Crippen LogP contribution in [-0.4, -0.2) is 50.0 Å². The summed E-state index contributed by atoms with van der Waals surface area (Å²) in [6.07, 6.45) is 2.70. The van der Waals surface area contributed by atoms with Crippen molar-refractivity contribution in [3.63, 3.8) is 0 Å². The number of hydrogen-bond donors (Lipinski definition) is 1. The predicted molar refractivity (Wildman–Crippen MR) is 81.0 cm³/mol.